The molecule has 144 valence electrons. The van der Waals surface area contributed by atoms with Gasteiger partial charge < -0.3 is 14.6 Å². The van der Waals surface area contributed by atoms with Gasteiger partial charge in [-0.3, -0.25) is 4.99 Å². The Morgan fingerprint density at radius 1 is 1.22 bits per heavy atom. The van der Waals surface area contributed by atoms with Gasteiger partial charge in [-0.2, -0.15) is 0 Å². The maximum atomic E-state index is 5.66. The molecule has 1 aromatic heterocycles. The minimum absolute atomic E-state index is 0.562. The van der Waals surface area contributed by atoms with Crippen LogP contribution < -0.4 is 5.32 Å². The van der Waals surface area contributed by atoms with Crippen LogP contribution in [0, 0.1) is 12.3 Å². The number of oxazole rings is 1. The quantitative estimate of drug-likeness (QED) is 0.655. The minimum Gasteiger partial charge on any atom is -0.444 e. The van der Waals surface area contributed by atoms with Crippen molar-refractivity contribution in [1.82, 2.24) is 15.2 Å². The molecule has 5 nitrogen and oxygen atoms in total. The molecule has 1 saturated heterocycles. The van der Waals surface area contributed by atoms with Crippen molar-refractivity contribution in [3.8, 4) is 11.5 Å². The van der Waals surface area contributed by atoms with Crippen molar-refractivity contribution in [3.05, 3.63) is 41.8 Å². The topological polar surface area (TPSA) is 53.7 Å². The first-order valence-electron chi connectivity index (χ1n) is 10.1. The molecular formula is C22H30N4O. The second-order valence-electron chi connectivity index (χ2n) is 8.11. The number of benzene rings is 1. The highest BCUT2D eigenvalue weighted by Crippen LogP contribution is 2.45. The average Bonchev–Trinajstić information content (AvgIpc) is 3.42. The zero-order chi connectivity index (χ0) is 18.7. The Kier molecular flexibility index (Phi) is 5.19. The van der Waals surface area contributed by atoms with Crippen LogP contribution in [0.2, 0.25) is 0 Å². The molecule has 1 aliphatic heterocycles. The molecule has 0 radical (unpaired) electrons. The van der Waals surface area contributed by atoms with Gasteiger partial charge in [-0.05, 0) is 43.7 Å². The molecule has 5 heteroatoms. The smallest absolute Gasteiger partial charge is 0.226 e. The molecule has 1 aliphatic carbocycles. The predicted octanol–water partition coefficient (Wildman–Crippen LogP) is 4.03. The lowest BCUT2D eigenvalue weighted by molar-refractivity contribution is 0.309. The summed E-state index contributed by atoms with van der Waals surface area (Å²) >= 11 is 0. The van der Waals surface area contributed by atoms with Crippen molar-refractivity contribution in [1.29, 1.82) is 0 Å². The largest absolute Gasteiger partial charge is 0.444 e. The Balaban J connectivity index is 1.29. The molecule has 0 unspecified atom stereocenters. The van der Waals surface area contributed by atoms with Crippen molar-refractivity contribution in [2.24, 2.45) is 10.4 Å². The third-order valence-corrected chi connectivity index (χ3v) is 6.13. The Morgan fingerprint density at radius 3 is 2.74 bits per heavy atom. The van der Waals surface area contributed by atoms with Gasteiger partial charge in [0.15, 0.2) is 5.96 Å². The summed E-state index contributed by atoms with van der Waals surface area (Å²) in [5, 5.41) is 3.52. The minimum atomic E-state index is 0.562. The van der Waals surface area contributed by atoms with Crippen molar-refractivity contribution in [3.63, 3.8) is 0 Å². The zero-order valence-electron chi connectivity index (χ0n) is 16.5. The average molecular weight is 367 g/mol. The molecule has 1 N–H and O–H groups in total. The number of hydrogen-bond acceptors (Lipinski definition) is 3. The summed E-state index contributed by atoms with van der Waals surface area (Å²) in [6, 6.07) is 8.27. The van der Waals surface area contributed by atoms with E-state index in [0.717, 1.165) is 43.3 Å². The van der Waals surface area contributed by atoms with Crippen molar-refractivity contribution >= 4 is 5.96 Å². The molecule has 1 spiro atoms. The van der Waals surface area contributed by atoms with Crippen LogP contribution in [0.1, 0.15) is 43.4 Å². The maximum absolute atomic E-state index is 5.66. The van der Waals surface area contributed by atoms with E-state index in [2.05, 4.69) is 51.4 Å². The summed E-state index contributed by atoms with van der Waals surface area (Å²) in [5.74, 6) is 1.72. The summed E-state index contributed by atoms with van der Waals surface area (Å²) in [6.45, 7) is 5.18. The molecule has 2 aromatic rings. The number of hydrogen-bond donors (Lipinski definition) is 1. The summed E-state index contributed by atoms with van der Waals surface area (Å²) < 4.78 is 5.66. The van der Waals surface area contributed by atoms with Gasteiger partial charge in [0, 0.05) is 38.7 Å². The van der Waals surface area contributed by atoms with Crippen LogP contribution in [-0.2, 0) is 6.42 Å². The van der Waals surface area contributed by atoms with E-state index in [1.165, 1.54) is 37.7 Å². The number of rotatable bonds is 4. The van der Waals surface area contributed by atoms with Crippen LogP contribution in [-0.4, -0.2) is 42.5 Å². The highest BCUT2D eigenvalue weighted by Gasteiger charge is 2.40. The van der Waals surface area contributed by atoms with E-state index in [1.54, 1.807) is 6.26 Å². The van der Waals surface area contributed by atoms with E-state index < -0.39 is 0 Å². The predicted molar refractivity (Wildman–Crippen MR) is 109 cm³/mol. The number of aliphatic imine (C=N–C) groups is 1. The Hall–Kier alpha value is -2.30. The Morgan fingerprint density at radius 2 is 2.00 bits per heavy atom. The SMILES string of the molecule is CN=C(NCCc1coc(-c2ccc(C)cc2)n1)N1CCC2(CCCC2)C1. The summed E-state index contributed by atoms with van der Waals surface area (Å²) in [5.41, 5.74) is 3.80. The van der Waals surface area contributed by atoms with Crippen molar-refractivity contribution in [2.75, 3.05) is 26.7 Å². The van der Waals surface area contributed by atoms with Gasteiger partial charge in [-0.1, -0.05) is 30.5 Å². The van der Waals surface area contributed by atoms with E-state index in [-0.39, 0.29) is 0 Å². The Bertz CT molecular complexity index is 787. The molecule has 2 heterocycles. The van der Waals surface area contributed by atoms with Gasteiger partial charge in [0.2, 0.25) is 5.89 Å². The molecule has 0 amide bonds. The van der Waals surface area contributed by atoms with Crippen LogP contribution in [0.5, 0.6) is 0 Å². The standard InChI is InChI=1S/C22H30N4O/c1-17-5-7-18(8-6-17)20-25-19(15-27-20)9-13-24-21(23-2)26-14-12-22(16-26)10-3-4-11-22/h5-8,15H,3-4,9-14,16H2,1-2H3,(H,23,24). The third-order valence-electron chi connectivity index (χ3n) is 6.13. The fourth-order valence-corrected chi connectivity index (χ4v) is 4.53. The fraction of sp³-hybridized carbons (Fsp3) is 0.545. The molecule has 1 saturated carbocycles. The van der Waals surface area contributed by atoms with Gasteiger partial charge in [-0.25, -0.2) is 4.98 Å². The number of guanidine groups is 1. The van der Waals surface area contributed by atoms with E-state index >= 15 is 0 Å². The highest BCUT2D eigenvalue weighted by atomic mass is 16.3. The van der Waals surface area contributed by atoms with Gasteiger partial charge in [0.25, 0.3) is 0 Å². The van der Waals surface area contributed by atoms with E-state index in [9.17, 15) is 0 Å². The van der Waals surface area contributed by atoms with Crippen molar-refractivity contribution in [2.45, 2.75) is 45.4 Å². The van der Waals surface area contributed by atoms with Gasteiger partial charge in [-0.15, -0.1) is 0 Å². The Labute approximate surface area is 161 Å². The first-order chi connectivity index (χ1) is 13.2. The first-order valence-corrected chi connectivity index (χ1v) is 10.1. The van der Waals surface area contributed by atoms with Gasteiger partial charge in [0.1, 0.15) is 6.26 Å². The molecule has 27 heavy (non-hydrogen) atoms. The van der Waals surface area contributed by atoms with Crippen LogP contribution in [0.15, 0.2) is 39.9 Å². The molecule has 4 rings (SSSR count). The molecule has 1 aromatic carbocycles. The van der Waals surface area contributed by atoms with Gasteiger partial charge in [0.05, 0.1) is 5.69 Å². The molecule has 0 bridgehead atoms. The van der Waals surface area contributed by atoms with E-state index in [0.29, 0.717) is 11.3 Å². The normalized spacial score (nSPS) is 19.2. The van der Waals surface area contributed by atoms with Crippen LogP contribution >= 0.6 is 0 Å². The lowest BCUT2D eigenvalue weighted by Crippen LogP contribution is -2.41. The number of nitrogens with zero attached hydrogens (tertiary/aromatic N) is 3. The molecule has 2 fully saturated rings. The third kappa shape index (κ3) is 4.02. The van der Waals surface area contributed by atoms with E-state index in [1.807, 2.05) is 7.05 Å². The van der Waals surface area contributed by atoms with Gasteiger partial charge >= 0.3 is 0 Å². The van der Waals surface area contributed by atoms with Crippen LogP contribution in [0.25, 0.3) is 11.5 Å². The van der Waals surface area contributed by atoms with Crippen LogP contribution in [0.3, 0.4) is 0 Å². The van der Waals surface area contributed by atoms with Crippen molar-refractivity contribution < 1.29 is 4.42 Å². The number of nitrogens with one attached hydrogen (secondary N) is 1. The summed E-state index contributed by atoms with van der Waals surface area (Å²) in [6.07, 6.45) is 9.49. The highest BCUT2D eigenvalue weighted by molar-refractivity contribution is 5.80. The molecule has 0 atom stereocenters. The molecule has 2 aliphatic rings. The molecular weight excluding hydrogens is 336 g/mol. The number of aromatic nitrogens is 1. The lowest BCUT2D eigenvalue weighted by atomic mass is 9.86. The monoisotopic (exact) mass is 366 g/mol. The zero-order valence-corrected chi connectivity index (χ0v) is 16.5. The second kappa shape index (κ2) is 7.75. The van der Waals surface area contributed by atoms with Crippen LogP contribution in [0.4, 0.5) is 0 Å². The summed E-state index contributed by atoms with van der Waals surface area (Å²) in [7, 11) is 1.88. The van der Waals surface area contributed by atoms with E-state index in [4.69, 9.17) is 4.42 Å². The second-order valence-corrected chi connectivity index (χ2v) is 8.11. The maximum Gasteiger partial charge on any atom is 0.226 e. The number of likely N-dealkylation sites (tertiary alicyclic amines) is 1. The fourth-order valence-electron chi connectivity index (χ4n) is 4.53. The summed E-state index contributed by atoms with van der Waals surface area (Å²) in [4.78, 5) is 11.6. The lowest BCUT2D eigenvalue weighted by Gasteiger charge is -2.25. The number of aryl methyl sites for hydroxylation is 1. The first kappa shape index (κ1) is 18.1.